The Bertz CT molecular complexity index is 365. The zero-order valence-electron chi connectivity index (χ0n) is 10.4. The fraction of sp³-hybridized carbons (Fsp3) is 0.833. The van der Waals surface area contributed by atoms with Crippen LogP contribution in [0.3, 0.4) is 0 Å². The topological polar surface area (TPSA) is 55.4 Å². The van der Waals surface area contributed by atoms with Crippen molar-refractivity contribution in [2.45, 2.75) is 42.1 Å². The maximum atomic E-state index is 12.1. The van der Waals surface area contributed by atoms with Gasteiger partial charge in [-0.05, 0) is 12.3 Å². The van der Waals surface area contributed by atoms with Crippen LogP contribution >= 0.6 is 27.5 Å². The summed E-state index contributed by atoms with van der Waals surface area (Å²) in [7, 11) is 1.34. The van der Waals surface area contributed by atoms with E-state index in [-0.39, 0.29) is 46.3 Å². The minimum Gasteiger partial charge on any atom is -0.468 e. The Morgan fingerprint density at radius 3 is 2.83 bits per heavy atom. The summed E-state index contributed by atoms with van der Waals surface area (Å²) in [6.07, 6.45) is 0.941. The van der Waals surface area contributed by atoms with E-state index >= 15 is 0 Å². The van der Waals surface area contributed by atoms with Gasteiger partial charge in [0.15, 0.2) is 0 Å². The molecule has 0 radical (unpaired) electrons. The molecule has 102 valence electrons. The SMILES string of the molecule is COC(=O)C1CC(=O)C2CC(Br)C(Cl)C(C)C2N1. The summed E-state index contributed by atoms with van der Waals surface area (Å²) >= 11 is 9.87. The lowest BCUT2D eigenvalue weighted by molar-refractivity contribution is -0.148. The summed E-state index contributed by atoms with van der Waals surface area (Å²) in [5.74, 6) is -0.165. The summed E-state index contributed by atoms with van der Waals surface area (Å²) in [5, 5.41) is 3.20. The van der Waals surface area contributed by atoms with Gasteiger partial charge in [0, 0.05) is 23.2 Å². The summed E-state index contributed by atoms with van der Waals surface area (Å²) < 4.78 is 4.71. The third-order valence-corrected chi connectivity index (χ3v) is 5.97. The fourth-order valence-electron chi connectivity index (χ4n) is 2.95. The number of piperidine rings is 1. The number of ketones is 1. The van der Waals surface area contributed by atoms with Gasteiger partial charge in [0.1, 0.15) is 11.8 Å². The molecule has 6 atom stereocenters. The molecule has 1 saturated heterocycles. The molecule has 6 unspecified atom stereocenters. The molecular formula is C12H17BrClNO3. The molecule has 1 aliphatic carbocycles. The second-order valence-electron chi connectivity index (χ2n) is 5.10. The van der Waals surface area contributed by atoms with Gasteiger partial charge in [-0.2, -0.15) is 0 Å². The van der Waals surface area contributed by atoms with Crippen LogP contribution in [0.15, 0.2) is 0 Å². The van der Waals surface area contributed by atoms with E-state index in [1.807, 2.05) is 6.92 Å². The maximum absolute atomic E-state index is 12.1. The monoisotopic (exact) mass is 337 g/mol. The first-order valence-corrected chi connectivity index (χ1v) is 7.45. The largest absolute Gasteiger partial charge is 0.468 e. The molecule has 1 heterocycles. The van der Waals surface area contributed by atoms with Crippen molar-refractivity contribution >= 4 is 39.3 Å². The molecule has 0 aromatic rings. The molecule has 6 heteroatoms. The van der Waals surface area contributed by atoms with Crippen LogP contribution in [-0.4, -0.2) is 41.2 Å². The van der Waals surface area contributed by atoms with Gasteiger partial charge < -0.3 is 10.1 Å². The van der Waals surface area contributed by atoms with Crippen LogP contribution in [0.25, 0.3) is 0 Å². The van der Waals surface area contributed by atoms with Gasteiger partial charge in [-0.3, -0.25) is 9.59 Å². The fourth-order valence-corrected chi connectivity index (χ4v) is 4.09. The highest BCUT2D eigenvalue weighted by molar-refractivity contribution is 9.09. The Labute approximate surface area is 120 Å². The molecule has 1 saturated carbocycles. The van der Waals surface area contributed by atoms with Crippen LogP contribution in [0.4, 0.5) is 0 Å². The van der Waals surface area contributed by atoms with Gasteiger partial charge in [0.2, 0.25) is 0 Å². The predicted molar refractivity (Wildman–Crippen MR) is 72.0 cm³/mol. The van der Waals surface area contributed by atoms with Crippen molar-refractivity contribution in [1.82, 2.24) is 5.32 Å². The minimum absolute atomic E-state index is 0.0355. The van der Waals surface area contributed by atoms with Crippen LogP contribution in [0, 0.1) is 11.8 Å². The number of carbonyl (C=O) groups excluding carboxylic acids is 2. The van der Waals surface area contributed by atoms with Gasteiger partial charge >= 0.3 is 5.97 Å². The maximum Gasteiger partial charge on any atom is 0.323 e. The third kappa shape index (κ3) is 2.45. The van der Waals surface area contributed by atoms with Crippen LogP contribution < -0.4 is 5.32 Å². The lowest BCUT2D eigenvalue weighted by Crippen LogP contribution is -2.62. The third-order valence-electron chi connectivity index (χ3n) is 4.03. The summed E-state index contributed by atoms with van der Waals surface area (Å²) in [4.78, 5) is 23.9. The number of alkyl halides is 2. The smallest absolute Gasteiger partial charge is 0.323 e. The molecule has 0 spiro atoms. The molecule has 4 nitrogen and oxygen atoms in total. The van der Waals surface area contributed by atoms with Gasteiger partial charge in [0.25, 0.3) is 0 Å². The van der Waals surface area contributed by atoms with E-state index in [0.717, 1.165) is 6.42 Å². The van der Waals surface area contributed by atoms with Crippen molar-refractivity contribution in [3.8, 4) is 0 Å². The van der Waals surface area contributed by atoms with Gasteiger partial charge in [0.05, 0.1) is 12.5 Å². The number of methoxy groups -OCH3 is 1. The van der Waals surface area contributed by atoms with Gasteiger partial charge in [-0.15, -0.1) is 11.6 Å². The van der Waals surface area contributed by atoms with E-state index in [1.165, 1.54) is 7.11 Å². The van der Waals surface area contributed by atoms with Crippen molar-refractivity contribution in [2.75, 3.05) is 7.11 Å². The van der Waals surface area contributed by atoms with E-state index in [2.05, 4.69) is 21.2 Å². The Hall–Kier alpha value is -0.130. The quantitative estimate of drug-likeness (QED) is 0.581. The normalized spacial score (nSPS) is 44.3. The molecule has 2 fully saturated rings. The number of fused-ring (bicyclic) bond motifs is 1. The second-order valence-corrected chi connectivity index (χ2v) is 6.78. The van der Waals surface area contributed by atoms with Crippen molar-refractivity contribution in [3.63, 3.8) is 0 Å². The van der Waals surface area contributed by atoms with E-state index < -0.39 is 6.04 Å². The molecule has 2 rings (SSSR count). The molecule has 0 amide bonds. The van der Waals surface area contributed by atoms with E-state index in [1.54, 1.807) is 0 Å². The van der Waals surface area contributed by atoms with Crippen LogP contribution in [0.2, 0.25) is 0 Å². The highest BCUT2D eigenvalue weighted by Gasteiger charge is 2.48. The van der Waals surface area contributed by atoms with Crippen molar-refractivity contribution in [1.29, 1.82) is 0 Å². The highest BCUT2D eigenvalue weighted by atomic mass is 79.9. The number of carbonyl (C=O) groups is 2. The van der Waals surface area contributed by atoms with Crippen molar-refractivity contribution < 1.29 is 14.3 Å². The number of halogens is 2. The van der Waals surface area contributed by atoms with Crippen LogP contribution in [0.1, 0.15) is 19.8 Å². The number of hydrogen-bond donors (Lipinski definition) is 1. The number of esters is 1. The number of hydrogen-bond acceptors (Lipinski definition) is 4. The molecular weight excluding hydrogens is 321 g/mol. The standard InChI is InChI=1S/C12H17BrClNO3/c1-5-10(14)7(13)3-6-9(16)4-8(12(17)18-2)15-11(5)6/h5-8,10-11,15H,3-4H2,1-2H3. The van der Waals surface area contributed by atoms with E-state index in [0.29, 0.717) is 0 Å². The first-order valence-electron chi connectivity index (χ1n) is 6.10. The average molecular weight is 339 g/mol. The lowest BCUT2D eigenvalue weighted by atomic mass is 9.71. The lowest BCUT2D eigenvalue weighted by Gasteiger charge is -2.45. The van der Waals surface area contributed by atoms with E-state index in [4.69, 9.17) is 16.3 Å². The first kappa shape index (κ1) is 14.3. The molecule has 1 N–H and O–H groups in total. The van der Waals surface area contributed by atoms with E-state index in [9.17, 15) is 9.59 Å². The Balaban J connectivity index is 2.17. The molecule has 18 heavy (non-hydrogen) atoms. The van der Waals surface area contributed by atoms with Crippen LogP contribution in [-0.2, 0) is 14.3 Å². The number of Topliss-reactive ketones (excluding diaryl/α,β-unsaturated/α-hetero) is 1. The van der Waals surface area contributed by atoms with Crippen molar-refractivity contribution in [2.24, 2.45) is 11.8 Å². The second kappa shape index (κ2) is 5.47. The Morgan fingerprint density at radius 2 is 2.22 bits per heavy atom. The van der Waals surface area contributed by atoms with Gasteiger partial charge in [-0.25, -0.2) is 0 Å². The summed E-state index contributed by atoms with van der Waals surface area (Å²) in [6, 6.07) is -0.561. The summed E-state index contributed by atoms with van der Waals surface area (Å²) in [5.41, 5.74) is 0. The summed E-state index contributed by atoms with van der Waals surface area (Å²) in [6.45, 7) is 2.02. The molecule has 0 aromatic carbocycles. The number of nitrogens with one attached hydrogen (secondary N) is 1. The molecule has 0 bridgehead atoms. The van der Waals surface area contributed by atoms with Gasteiger partial charge in [-0.1, -0.05) is 22.9 Å². The highest BCUT2D eigenvalue weighted by Crippen LogP contribution is 2.39. The van der Waals surface area contributed by atoms with Crippen molar-refractivity contribution in [3.05, 3.63) is 0 Å². The zero-order valence-corrected chi connectivity index (χ0v) is 12.7. The van der Waals surface area contributed by atoms with Crippen LogP contribution in [0.5, 0.6) is 0 Å². The molecule has 1 aliphatic heterocycles. The minimum atomic E-state index is -0.526. The number of rotatable bonds is 1. The Kier molecular flexibility index (Phi) is 4.34. The first-order chi connectivity index (χ1) is 8.45. The Morgan fingerprint density at radius 1 is 1.56 bits per heavy atom. The molecule has 2 aliphatic rings. The zero-order chi connectivity index (χ0) is 13.4. The average Bonchev–Trinajstić information content (AvgIpc) is 2.36. The predicted octanol–water partition coefficient (Wildman–Crippen LogP) is 1.49. The molecule has 0 aromatic heterocycles. The number of ether oxygens (including phenoxy) is 1.